The number of aromatic nitrogens is 5. The van der Waals surface area contributed by atoms with Gasteiger partial charge in [0.1, 0.15) is 5.82 Å². The van der Waals surface area contributed by atoms with Crippen molar-refractivity contribution in [3.8, 4) is 33.8 Å². The fourth-order valence-electron chi connectivity index (χ4n) is 5.26. The summed E-state index contributed by atoms with van der Waals surface area (Å²) < 4.78 is 6.11. The van der Waals surface area contributed by atoms with Gasteiger partial charge in [-0.3, -0.25) is 0 Å². The van der Waals surface area contributed by atoms with E-state index in [1.807, 2.05) is 55.6 Å². The van der Waals surface area contributed by atoms with E-state index in [2.05, 4.69) is 100 Å². The molecule has 245 valence electrons. The molecule has 0 unspecified atom stereocenters. The number of hydrogen-bond donors (Lipinski definition) is 0. The maximum atomic E-state index is 6.11. The van der Waals surface area contributed by atoms with E-state index in [9.17, 15) is 0 Å². The van der Waals surface area contributed by atoms with Gasteiger partial charge in [-0.25, -0.2) is 15.0 Å². The monoisotopic (exact) mass is 810 g/mol. The molecular weight excluding hydrogens is 771 g/mol. The van der Waals surface area contributed by atoms with E-state index in [-0.39, 0.29) is 26.0 Å². The Morgan fingerprint density at radius 2 is 1.52 bits per heavy atom. The number of rotatable bonds is 6. The SMILES string of the molecule is CC(C)c1c[c-]c(-c2ccccn2)cc1.Cc1ccc2c(n1)oc1c(-c3ccc(-c4cc(C(C)C)nc(C(C)C)n4)cn3)[c-]ccc12.[Ir]. The predicted molar refractivity (Wildman–Crippen MR) is 190 cm³/mol. The molecule has 7 heteroatoms. The van der Waals surface area contributed by atoms with Crippen LogP contribution in [0.25, 0.3) is 55.8 Å². The molecule has 1 radical (unpaired) electrons. The second kappa shape index (κ2) is 15.1. The molecule has 0 N–H and O–H groups in total. The summed E-state index contributed by atoms with van der Waals surface area (Å²) in [7, 11) is 0. The van der Waals surface area contributed by atoms with Crippen LogP contribution in [0.1, 0.15) is 82.1 Å². The van der Waals surface area contributed by atoms with Gasteiger partial charge >= 0.3 is 0 Å². The van der Waals surface area contributed by atoms with Gasteiger partial charge in [-0.1, -0.05) is 82.7 Å². The molecule has 7 aromatic rings. The molecule has 0 aliphatic rings. The van der Waals surface area contributed by atoms with Crippen LogP contribution < -0.4 is 0 Å². The van der Waals surface area contributed by atoms with Crippen LogP contribution in [-0.4, -0.2) is 24.9 Å². The molecular formula is C41H39IrN5O-2. The Kier molecular flexibility index (Phi) is 10.9. The standard InChI is InChI=1S/C27H25N4O.C14H14N.Ir/c1-15(2)23-13-24(31-26(30-23)16(3)4)18-10-12-22(28-14-18)21-8-6-7-19-20-11-9-17(5)29-27(20)32-25(19)21;1-11(2)12-6-8-13(9-7-12)14-5-3-4-10-15-14;/h6-7,9-16H,1-5H3;3-8,10-11H,1-2H3;/q2*-1;. The van der Waals surface area contributed by atoms with Crippen LogP contribution in [0.5, 0.6) is 0 Å². The number of nitrogens with zero attached hydrogens (tertiary/aromatic N) is 5. The molecule has 48 heavy (non-hydrogen) atoms. The van der Waals surface area contributed by atoms with Crippen LogP contribution in [0.15, 0.2) is 95.7 Å². The third kappa shape index (κ3) is 7.59. The van der Waals surface area contributed by atoms with Crippen molar-refractivity contribution >= 4 is 22.1 Å². The van der Waals surface area contributed by atoms with Crippen LogP contribution in [0.2, 0.25) is 0 Å². The summed E-state index contributed by atoms with van der Waals surface area (Å²) in [5.74, 6) is 2.01. The molecule has 0 atom stereocenters. The quantitative estimate of drug-likeness (QED) is 0.156. The van der Waals surface area contributed by atoms with Crippen molar-refractivity contribution in [2.75, 3.05) is 0 Å². The van der Waals surface area contributed by atoms with E-state index in [4.69, 9.17) is 19.4 Å². The molecule has 5 aromatic heterocycles. The summed E-state index contributed by atoms with van der Waals surface area (Å²) >= 11 is 0. The Labute approximate surface area is 296 Å². The Morgan fingerprint density at radius 3 is 2.17 bits per heavy atom. The first-order chi connectivity index (χ1) is 22.7. The normalized spacial score (nSPS) is 11.2. The van der Waals surface area contributed by atoms with E-state index in [1.54, 1.807) is 6.20 Å². The van der Waals surface area contributed by atoms with Crippen molar-refractivity contribution in [3.05, 3.63) is 126 Å². The third-order valence-electron chi connectivity index (χ3n) is 8.07. The average molecular weight is 810 g/mol. The summed E-state index contributed by atoms with van der Waals surface area (Å²) in [5.41, 5.74) is 10.2. The summed E-state index contributed by atoms with van der Waals surface area (Å²) in [4.78, 5) is 23.1. The molecule has 6 nitrogen and oxygen atoms in total. The zero-order valence-corrected chi connectivity index (χ0v) is 30.8. The Bertz CT molecular complexity index is 2090. The minimum Gasteiger partial charge on any atom is -0.486 e. The molecule has 7 rings (SSSR count). The Balaban J connectivity index is 0.000000237. The first-order valence-corrected chi connectivity index (χ1v) is 16.2. The minimum absolute atomic E-state index is 0. The van der Waals surface area contributed by atoms with Gasteiger partial charge < -0.3 is 14.4 Å². The van der Waals surface area contributed by atoms with Crippen LogP contribution in [-0.2, 0) is 20.1 Å². The third-order valence-corrected chi connectivity index (χ3v) is 8.07. The van der Waals surface area contributed by atoms with Crippen molar-refractivity contribution in [3.63, 3.8) is 0 Å². The van der Waals surface area contributed by atoms with Gasteiger partial charge in [0.2, 0.25) is 5.71 Å². The fourth-order valence-corrected chi connectivity index (χ4v) is 5.26. The van der Waals surface area contributed by atoms with E-state index < -0.39 is 0 Å². The van der Waals surface area contributed by atoms with Gasteiger partial charge in [-0.15, -0.1) is 53.6 Å². The van der Waals surface area contributed by atoms with Gasteiger partial charge in [0.15, 0.2) is 0 Å². The van der Waals surface area contributed by atoms with Gasteiger partial charge in [0, 0.05) is 60.8 Å². The number of aryl methyl sites for hydroxylation is 1. The van der Waals surface area contributed by atoms with Crippen molar-refractivity contribution in [1.29, 1.82) is 0 Å². The molecule has 0 spiro atoms. The summed E-state index contributed by atoms with van der Waals surface area (Å²) in [6.07, 6.45) is 3.67. The number of pyridine rings is 3. The smallest absolute Gasteiger partial charge is 0.216 e. The number of benzene rings is 2. The Morgan fingerprint density at radius 1 is 0.688 bits per heavy atom. The van der Waals surface area contributed by atoms with E-state index in [0.717, 1.165) is 67.3 Å². The Hall–Kier alpha value is -4.58. The minimum atomic E-state index is 0. The van der Waals surface area contributed by atoms with Gasteiger partial charge in [0.25, 0.3) is 0 Å². The van der Waals surface area contributed by atoms with Crippen LogP contribution in [0.3, 0.4) is 0 Å². The zero-order chi connectivity index (χ0) is 33.1. The summed E-state index contributed by atoms with van der Waals surface area (Å²) in [6, 6.07) is 32.9. The first kappa shape index (κ1) is 34.7. The maximum absolute atomic E-state index is 6.11. The van der Waals surface area contributed by atoms with E-state index in [0.29, 0.717) is 17.5 Å². The second-order valence-electron chi connectivity index (χ2n) is 12.7. The maximum Gasteiger partial charge on any atom is 0.216 e. The molecule has 0 aliphatic carbocycles. The van der Waals surface area contributed by atoms with Crippen LogP contribution >= 0.6 is 0 Å². The predicted octanol–water partition coefficient (Wildman–Crippen LogP) is 10.5. The molecule has 0 aliphatic heterocycles. The molecule has 0 amide bonds. The largest absolute Gasteiger partial charge is 0.486 e. The zero-order valence-electron chi connectivity index (χ0n) is 28.4. The number of fused-ring (bicyclic) bond motifs is 3. The van der Waals surface area contributed by atoms with Crippen molar-refractivity contribution in [2.45, 2.75) is 66.2 Å². The van der Waals surface area contributed by atoms with Crippen molar-refractivity contribution < 1.29 is 24.5 Å². The topological polar surface area (TPSA) is 77.6 Å². The van der Waals surface area contributed by atoms with E-state index in [1.165, 1.54) is 5.56 Å². The first-order valence-electron chi connectivity index (χ1n) is 16.2. The molecule has 0 saturated carbocycles. The van der Waals surface area contributed by atoms with Gasteiger partial charge in [-0.05, 0) is 48.5 Å². The molecule has 5 heterocycles. The average Bonchev–Trinajstić information content (AvgIpc) is 3.46. The molecule has 2 aromatic carbocycles. The van der Waals surface area contributed by atoms with Crippen LogP contribution in [0.4, 0.5) is 0 Å². The van der Waals surface area contributed by atoms with E-state index >= 15 is 0 Å². The molecule has 0 saturated heterocycles. The number of hydrogen-bond acceptors (Lipinski definition) is 6. The van der Waals surface area contributed by atoms with Crippen molar-refractivity contribution in [2.24, 2.45) is 0 Å². The van der Waals surface area contributed by atoms with Gasteiger partial charge in [0.05, 0.1) is 11.3 Å². The molecule has 0 bridgehead atoms. The van der Waals surface area contributed by atoms with Gasteiger partial charge in [-0.2, -0.15) is 0 Å². The summed E-state index contributed by atoms with van der Waals surface area (Å²) in [5, 5.41) is 2.02. The number of furan rings is 1. The fraction of sp³-hybridized carbons (Fsp3) is 0.244. The summed E-state index contributed by atoms with van der Waals surface area (Å²) in [6.45, 7) is 14.9. The van der Waals surface area contributed by atoms with Crippen LogP contribution in [0, 0.1) is 19.1 Å². The van der Waals surface area contributed by atoms with Crippen molar-refractivity contribution in [1.82, 2.24) is 24.9 Å². The molecule has 0 fully saturated rings. The second-order valence-corrected chi connectivity index (χ2v) is 12.7.